The van der Waals surface area contributed by atoms with E-state index in [2.05, 4.69) is 0 Å². The van der Waals surface area contributed by atoms with Gasteiger partial charge >= 0.3 is 35.0 Å². The van der Waals surface area contributed by atoms with Gasteiger partial charge in [0.1, 0.15) is 6.42 Å². The Hall–Kier alpha value is -0.294. The van der Waals surface area contributed by atoms with Crippen LogP contribution in [0, 0.1) is 14.9 Å². The van der Waals surface area contributed by atoms with Crippen LogP contribution in [0.1, 0.15) is 6.42 Å². The van der Waals surface area contributed by atoms with Crippen molar-refractivity contribution in [3.63, 3.8) is 0 Å². The van der Waals surface area contributed by atoms with E-state index in [1.165, 1.54) is 0 Å². The minimum Gasteiger partial charge on any atom is -0.481 e. The van der Waals surface area contributed by atoms with Crippen LogP contribution >= 0.6 is 0 Å². The Labute approximate surface area is 76.4 Å². The monoisotopic (exact) mass is 158 g/mol. The Morgan fingerprint density at radius 1 is 1.00 bits per heavy atom. The molecule has 0 heterocycles. The second-order valence-corrected chi connectivity index (χ2v) is 0.964. The van der Waals surface area contributed by atoms with Crippen LogP contribution in [-0.2, 0) is 9.59 Å². The van der Waals surface area contributed by atoms with Crippen LogP contribution < -0.4 is 0 Å². The SMILES string of the molecule is O=C(O)CC(=O)O.[CH3-].[CH3-].[Mg+2]. The van der Waals surface area contributed by atoms with Crippen LogP contribution in [0.2, 0.25) is 0 Å². The molecular formula is C5H10MgO4. The van der Waals surface area contributed by atoms with Gasteiger partial charge in [-0.25, -0.2) is 0 Å². The number of hydrogen-bond donors (Lipinski definition) is 2. The molecule has 0 amide bonds. The van der Waals surface area contributed by atoms with Gasteiger partial charge in [0.25, 0.3) is 0 Å². The molecule has 0 atom stereocenters. The van der Waals surface area contributed by atoms with E-state index in [1.807, 2.05) is 0 Å². The van der Waals surface area contributed by atoms with Crippen LogP contribution in [0.4, 0.5) is 0 Å². The predicted molar refractivity (Wildman–Crippen MR) is 38.5 cm³/mol. The molecule has 10 heavy (non-hydrogen) atoms. The van der Waals surface area contributed by atoms with E-state index in [4.69, 9.17) is 10.2 Å². The van der Waals surface area contributed by atoms with Gasteiger partial charge in [0.15, 0.2) is 0 Å². The largest absolute Gasteiger partial charge is 2.00 e. The van der Waals surface area contributed by atoms with E-state index in [9.17, 15) is 9.59 Å². The zero-order chi connectivity index (χ0) is 5.86. The molecule has 0 aliphatic rings. The quantitative estimate of drug-likeness (QED) is 0.339. The van der Waals surface area contributed by atoms with E-state index < -0.39 is 18.4 Å². The summed E-state index contributed by atoms with van der Waals surface area (Å²) in [6, 6.07) is 0. The third-order valence-electron chi connectivity index (χ3n) is 0.302. The smallest absolute Gasteiger partial charge is 0.481 e. The van der Waals surface area contributed by atoms with Crippen molar-refractivity contribution in [2.75, 3.05) is 0 Å². The third kappa shape index (κ3) is 25.2. The summed E-state index contributed by atoms with van der Waals surface area (Å²) in [5.41, 5.74) is 0. The average Bonchev–Trinajstić information content (AvgIpc) is 1.27. The molecule has 0 saturated carbocycles. The molecule has 56 valence electrons. The Balaban J connectivity index is -0.0000000600. The first kappa shape index (κ1) is 22.6. The molecule has 0 spiro atoms. The molecule has 0 rings (SSSR count). The van der Waals surface area contributed by atoms with Crippen molar-refractivity contribution >= 4 is 35.0 Å². The fourth-order valence-electron chi connectivity index (χ4n) is 0.129. The molecule has 2 N–H and O–H groups in total. The van der Waals surface area contributed by atoms with Crippen molar-refractivity contribution in [3.8, 4) is 0 Å². The van der Waals surface area contributed by atoms with Crippen molar-refractivity contribution in [2.45, 2.75) is 6.42 Å². The molecule has 0 unspecified atom stereocenters. The predicted octanol–water partition coefficient (Wildman–Crippen LogP) is 0.0655. The van der Waals surface area contributed by atoms with Crippen molar-refractivity contribution < 1.29 is 19.8 Å². The maximum absolute atomic E-state index is 9.43. The topological polar surface area (TPSA) is 74.6 Å². The van der Waals surface area contributed by atoms with Gasteiger partial charge in [0, 0.05) is 0 Å². The Morgan fingerprint density at radius 3 is 1.20 bits per heavy atom. The van der Waals surface area contributed by atoms with Crippen LogP contribution in [0.5, 0.6) is 0 Å². The van der Waals surface area contributed by atoms with E-state index >= 15 is 0 Å². The minimum atomic E-state index is -1.31. The molecule has 0 saturated heterocycles. The molecule has 0 fully saturated rings. The molecular weight excluding hydrogens is 148 g/mol. The summed E-state index contributed by atoms with van der Waals surface area (Å²) in [6.07, 6.45) is -0.806. The van der Waals surface area contributed by atoms with Gasteiger partial charge in [-0.3, -0.25) is 9.59 Å². The number of hydrogen-bond acceptors (Lipinski definition) is 2. The van der Waals surface area contributed by atoms with Gasteiger partial charge in [-0.05, 0) is 0 Å². The van der Waals surface area contributed by atoms with Gasteiger partial charge in [0.05, 0.1) is 0 Å². The first-order valence-corrected chi connectivity index (χ1v) is 1.56. The van der Waals surface area contributed by atoms with Crippen LogP contribution in [0.3, 0.4) is 0 Å². The zero-order valence-corrected chi connectivity index (χ0v) is 7.54. The van der Waals surface area contributed by atoms with Gasteiger partial charge in [-0.1, -0.05) is 0 Å². The van der Waals surface area contributed by atoms with Crippen LogP contribution in [0.15, 0.2) is 0 Å². The van der Waals surface area contributed by atoms with Gasteiger partial charge in [0.2, 0.25) is 0 Å². The molecule has 0 aliphatic heterocycles. The van der Waals surface area contributed by atoms with Crippen LogP contribution in [0.25, 0.3) is 0 Å². The van der Waals surface area contributed by atoms with Gasteiger partial charge < -0.3 is 25.1 Å². The van der Waals surface area contributed by atoms with Crippen molar-refractivity contribution in [3.05, 3.63) is 14.9 Å². The number of rotatable bonds is 2. The average molecular weight is 158 g/mol. The number of aliphatic carboxylic acids is 2. The molecule has 0 radical (unpaired) electrons. The summed E-state index contributed by atoms with van der Waals surface area (Å²) in [7, 11) is 0. The first-order valence-electron chi connectivity index (χ1n) is 1.56. The van der Waals surface area contributed by atoms with Gasteiger partial charge in [-0.15, -0.1) is 0 Å². The number of carbonyl (C=O) groups is 2. The third-order valence-corrected chi connectivity index (χ3v) is 0.302. The molecule has 0 bridgehead atoms. The molecule has 4 nitrogen and oxygen atoms in total. The second kappa shape index (κ2) is 11.5. The van der Waals surface area contributed by atoms with Gasteiger partial charge in [-0.2, -0.15) is 0 Å². The molecule has 0 aromatic carbocycles. The maximum Gasteiger partial charge on any atom is 2.00 e. The molecule has 0 aromatic rings. The molecule has 5 heteroatoms. The fraction of sp³-hybridized carbons (Fsp3) is 0.200. The standard InChI is InChI=1S/C3H4O4.2CH3.Mg/c4-2(5)1-3(6)7;;;/h1H2,(H,4,5)(H,6,7);2*1H3;/q;2*-1;+2. The van der Waals surface area contributed by atoms with Crippen LogP contribution in [-0.4, -0.2) is 45.2 Å². The summed E-state index contributed by atoms with van der Waals surface area (Å²) in [5, 5.41) is 15.4. The molecule has 0 aliphatic carbocycles. The summed E-state index contributed by atoms with van der Waals surface area (Å²) < 4.78 is 0. The van der Waals surface area contributed by atoms with Crippen molar-refractivity contribution in [2.24, 2.45) is 0 Å². The molecule has 0 aromatic heterocycles. The Bertz CT molecular complexity index is 89.8. The zero-order valence-electron chi connectivity index (χ0n) is 6.13. The van der Waals surface area contributed by atoms with Crippen molar-refractivity contribution in [1.29, 1.82) is 0 Å². The van der Waals surface area contributed by atoms with E-state index in [0.29, 0.717) is 0 Å². The maximum atomic E-state index is 9.43. The summed E-state index contributed by atoms with van der Waals surface area (Å²) in [4.78, 5) is 18.9. The first-order chi connectivity index (χ1) is 3.13. The summed E-state index contributed by atoms with van der Waals surface area (Å²) in [6.45, 7) is 0. The minimum absolute atomic E-state index is 0. The normalized spacial score (nSPS) is 5.60. The summed E-state index contributed by atoms with van der Waals surface area (Å²) >= 11 is 0. The second-order valence-electron chi connectivity index (χ2n) is 0.964. The van der Waals surface area contributed by atoms with E-state index in [-0.39, 0.29) is 37.9 Å². The Morgan fingerprint density at radius 2 is 1.20 bits per heavy atom. The summed E-state index contributed by atoms with van der Waals surface area (Å²) in [5.74, 6) is -2.62. The Kier molecular flexibility index (Phi) is 26.0. The fourth-order valence-corrected chi connectivity index (χ4v) is 0.129. The van der Waals surface area contributed by atoms with E-state index in [1.54, 1.807) is 0 Å². The number of carboxylic acid groups (broad SMARTS) is 2. The van der Waals surface area contributed by atoms with E-state index in [0.717, 1.165) is 0 Å². The number of carboxylic acids is 2. The van der Waals surface area contributed by atoms with Crippen molar-refractivity contribution in [1.82, 2.24) is 0 Å².